The summed E-state index contributed by atoms with van der Waals surface area (Å²) < 4.78 is 60.8. The number of oxime groups is 2. The van der Waals surface area contributed by atoms with Crippen LogP contribution in [0.2, 0.25) is 0 Å². The third kappa shape index (κ3) is 7.37. The number of anilines is 2. The Morgan fingerprint density at radius 3 is 1.52 bits per heavy atom. The molecule has 0 saturated carbocycles. The molecule has 0 spiro atoms. The van der Waals surface area contributed by atoms with Crippen LogP contribution in [0.15, 0.2) is 10.3 Å². The molecule has 2 rings (SSSR count). The number of carbonyl (C=O) groups is 2. The second-order valence-corrected chi connectivity index (χ2v) is 6.41. The molecule has 0 aliphatic rings. The number of hydrogen-bond donors (Lipinski definition) is 2. The molecule has 0 fully saturated rings. The number of nitrogen functional groups attached to an aromatic ring is 2. The van der Waals surface area contributed by atoms with E-state index in [9.17, 15) is 27.2 Å². The van der Waals surface area contributed by atoms with Crippen LogP contribution in [0.25, 0.3) is 0 Å². The molecule has 0 unspecified atom stereocenters. The summed E-state index contributed by atoms with van der Waals surface area (Å²) in [6.07, 6.45) is -5.86. The topological polar surface area (TPSA) is 190 Å². The third-order valence-corrected chi connectivity index (χ3v) is 3.68. The lowest BCUT2D eigenvalue weighted by Crippen LogP contribution is -2.29. The Labute approximate surface area is 177 Å². The highest BCUT2D eigenvalue weighted by Gasteiger charge is 2.30. The zero-order valence-electron chi connectivity index (χ0n) is 14.8. The van der Waals surface area contributed by atoms with E-state index in [1.165, 1.54) is 0 Å². The van der Waals surface area contributed by atoms with Gasteiger partial charge in [0.2, 0.25) is 23.1 Å². The van der Waals surface area contributed by atoms with Gasteiger partial charge in [0, 0.05) is 23.1 Å². The first-order valence-corrected chi connectivity index (χ1v) is 9.13. The van der Waals surface area contributed by atoms with Crippen LogP contribution >= 0.6 is 23.1 Å². The van der Waals surface area contributed by atoms with E-state index in [4.69, 9.17) is 11.5 Å². The van der Waals surface area contributed by atoms with Crippen molar-refractivity contribution in [3.8, 4) is 0 Å². The van der Waals surface area contributed by atoms with Crippen molar-refractivity contribution in [2.24, 2.45) is 10.3 Å². The number of hydrogen-bond acceptors (Lipinski definition) is 15. The Bertz CT molecular complexity index is 906. The SMILES string of the molecule is Nc1nc(C(=NOCC(F)F)C(=O)OC(=O)C(=NOCC(F)F)c2nsc(N)n2)ns1. The van der Waals surface area contributed by atoms with E-state index in [1.54, 1.807) is 0 Å². The van der Waals surface area contributed by atoms with E-state index in [0.717, 1.165) is 0 Å². The summed E-state index contributed by atoms with van der Waals surface area (Å²) >= 11 is 1.24. The summed E-state index contributed by atoms with van der Waals surface area (Å²) in [5.74, 6) is -4.11. The highest BCUT2D eigenvalue weighted by atomic mass is 32.1. The lowest BCUT2D eigenvalue weighted by Gasteiger charge is -2.05. The highest BCUT2D eigenvalue weighted by molar-refractivity contribution is 7.09. The zero-order chi connectivity index (χ0) is 23.0. The molecule has 13 nitrogen and oxygen atoms in total. The number of nitrogens with zero attached hydrogens (tertiary/aromatic N) is 6. The fourth-order valence-corrected chi connectivity index (χ4v) is 2.37. The lowest BCUT2D eigenvalue weighted by atomic mass is 10.3. The van der Waals surface area contributed by atoms with E-state index in [0.29, 0.717) is 23.1 Å². The standard InChI is InChI=1S/C12H10F4N8O5S2/c13-3(14)1-27-21-5(7-19-11(17)30-23-7)9(25)29-10(26)6(22-28-2-4(15)16)8-20-12(18)31-24-8/h3-4H,1-2H2,(H2,17,19,23)(H2,18,20,24). The number of halogens is 4. The van der Waals surface area contributed by atoms with Gasteiger partial charge in [-0.15, -0.1) is 0 Å². The van der Waals surface area contributed by atoms with Gasteiger partial charge in [-0.05, 0) is 0 Å². The molecule has 0 amide bonds. The molecule has 2 aromatic rings. The lowest BCUT2D eigenvalue weighted by molar-refractivity contribution is -0.150. The minimum absolute atomic E-state index is 0.125. The van der Waals surface area contributed by atoms with Gasteiger partial charge in [-0.25, -0.2) is 27.2 Å². The molecular formula is C12H10F4N8O5S2. The monoisotopic (exact) mass is 486 g/mol. The summed E-state index contributed by atoms with van der Waals surface area (Å²) in [7, 11) is 0. The summed E-state index contributed by atoms with van der Waals surface area (Å²) in [6, 6.07) is 0. The maximum atomic E-state index is 12.3. The minimum atomic E-state index is -2.93. The molecule has 0 radical (unpaired) electrons. The average molecular weight is 486 g/mol. The van der Waals surface area contributed by atoms with Crippen molar-refractivity contribution >= 4 is 56.7 Å². The molecule has 2 heterocycles. The van der Waals surface area contributed by atoms with Crippen molar-refractivity contribution in [2.75, 3.05) is 24.7 Å². The average Bonchev–Trinajstić information content (AvgIpc) is 3.30. The van der Waals surface area contributed by atoms with Crippen LogP contribution in [0.3, 0.4) is 0 Å². The second kappa shape index (κ2) is 11.1. The first-order chi connectivity index (χ1) is 14.7. The number of rotatable bonds is 10. The van der Waals surface area contributed by atoms with Crippen LogP contribution in [0.5, 0.6) is 0 Å². The molecule has 0 aliphatic carbocycles. The first-order valence-electron chi connectivity index (χ1n) is 7.59. The largest absolute Gasteiger partial charge is 0.389 e. The van der Waals surface area contributed by atoms with Gasteiger partial charge >= 0.3 is 11.9 Å². The van der Waals surface area contributed by atoms with Crippen molar-refractivity contribution in [2.45, 2.75) is 12.9 Å². The van der Waals surface area contributed by atoms with Crippen LogP contribution in [0.4, 0.5) is 27.8 Å². The molecule has 2 aromatic heterocycles. The number of alkyl halides is 4. The number of nitrogens with two attached hydrogens (primary N) is 2. The molecule has 0 aliphatic heterocycles. The molecule has 168 valence electrons. The Hall–Kier alpha value is -3.48. The minimum Gasteiger partial charge on any atom is -0.389 e. The quantitative estimate of drug-likeness (QED) is 0.154. The molecule has 0 aromatic carbocycles. The van der Waals surface area contributed by atoms with E-state index < -0.39 is 61.1 Å². The predicted octanol–water partition coefficient (Wildman–Crippen LogP) is 0.296. The molecule has 0 atom stereocenters. The first kappa shape index (κ1) is 23.8. The van der Waals surface area contributed by atoms with Crippen molar-refractivity contribution in [1.29, 1.82) is 0 Å². The van der Waals surface area contributed by atoms with Crippen molar-refractivity contribution in [3.05, 3.63) is 11.6 Å². The number of aromatic nitrogens is 4. The van der Waals surface area contributed by atoms with Crippen LogP contribution in [-0.4, -0.2) is 68.1 Å². The van der Waals surface area contributed by atoms with Crippen molar-refractivity contribution in [3.63, 3.8) is 0 Å². The zero-order valence-corrected chi connectivity index (χ0v) is 16.4. The fraction of sp³-hybridized carbons (Fsp3) is 0.333. The summed E-state index contributed by atoms with van der Waals surface area (Å²) in [6.45, 7) is -2.39. The van der Waals surface area contributed by atoms with Crippen LogP contribution in [0, 0.1) is 0 Å². The van der Waals surface area contributed by atoms with Crippen LogP contribution in [0.1, 0.15) is 11.6 Å². The normalized spacial score (nSPS) is 12.3. The van der Waals surface area contributed by atoms with E-state index >= 15 is 0 Å². The summed E-state index contributed by atoms with van der Waals surface area (Å²) in [5, 5.41) is 6.03. The summed E-state index contributed by atoms with van der Waals surface area (Å²) in [5.41, 5.74) is 9.00. The van der Waals surface area contributed by atoms with Crippen molar-refractivity contribution in [1.82, 2.24) is 18.7 Å². The van der Waals surface area contributed by atoms with Gasteiger partial charge in [0.25, 0.3) is 12.9 Å². The molecule has 0 bridgehead atoms. The van der Waals surface area contributed by atoms with Gasteiger partial charge in [0.15, 0.2) is 23.5 Å². The van der Waals surface area contributed by atoms with E-state index in [2.05, 4.69) is 43.4 Å². The van der Waals surface area contributed by atoms with Crippen molar-refractivity contribution < 1.29 is 41.6 Å². The van der Waals surface area contributed by atoms with Gasteiger partial charge in [-0.2, -0.15) is 18.7 Å². The Kier molecular flexibility index (Phi) is 8.49. The molecule has 0 saturated heterocycles. The summed E-state index contributed by atoms with van der Waals surface area (Å²) in [4.78, 5) is 40.5. The molecule has 19 heteroatoms. The van der Waals surface area contributed by atoms with Gasteiger partial charge in [0.05, 0.1) is 0 Å². The smallest absolute Gasteiger partial charge is 0.372 e. The molecule has 31 heavy (non-hydrogen) atoms. The Morgan fingerprint density at radius 2 is 1.23 bits per heavy atom. The maximum Gasteiger partial charge on any atom is 0.372 e. The Balaban J connectivity index is 2.25. The molecular weight excluding hydrogens is 476 g/mol. The third-order valence-electron chi connectivity index (χ3n) is 2.59. The number of carbonyl (C=O) groups excluding carboxylic acids is 2. The highest BCUT2D eigenvalue weighted by Crippen LogP contribution is 2.11. The molecule has 4 N–H and O–H groups in total. The fourth-order valence-electron chi connectivity index (χ4n) is 1.50. The maximum absolute atomic E-state index is 12.3. The van der Waals surface area contributed by atoms with Crippen LogP contribution < -0.4 is 11.5 Å². The van der Waals surface area contributed by atoms with Gasteiger partial charge in [0.1, 0.15) is 0 Å². The number of ether oxygens (including phenoxy) is 1. The van der Waals surface area contributed by atoms with Gasteiger partial charge in [-0.3, -0.25) is 0 Å². The number of esters is 2. The Morgan fingerprint density at radius 1 is 0.839 bits per heavy atom. The predicted molar refractivity (Wildman–Crippen MR) is 96.7 cm³/mol. The van der Waals surface area contributed by atoms with Gasteiger partial charge in [-0.1, -0.05) is 10.3 Å². The van der Waals surface area contributed by atoms with Crippen LogP contribution in [-0.2, 0) is 24.0 Å². The van der Waals surface area contributed by atoms with Gasteiger partial charge < -0.3 is 25.9 Å². The second-order valence-electron chi connectivity index (χ2n) is 4.84. The van der Waals surface area contributed by atoms with E-state index in [1.807, 2.05) is 0 Å². The van der Waals surface area contributed by atoms with E-state index in [-0.39, 0.29) is 10.3 Å².